The Kier molecular flexibility index (Phi) is 3.29. The van der Waals surface area contributed by atoms with Crippen LogP contribution in [0, 0.1) is 0 Å². The number of hydrogen-bond donors (Lipinski definition) is 2. The van der Waals surface area contributed by atoms with Crippen LogP contribution in [-0.2, 0) is 0 Å². The van der Waals surface area contributed by atoms with Gasteiger partial charge in [0.25, 0.3) is 0 Å². The lowest BCUT2D eigenvalue weighted by Crippen LogP contribution is -2.42. The summed E-state index contributed by atoms with van der Waals surface area (Å²) < 4.78 is 0. The maximum atomic E-state index is 3.55. The van der Waals surface area contributed by atoms with Crippen molar-refractivity contribution in [2.24, 2.45) is 0 Å². The van der Waals surface area contributed by atoms with Crippen LogP contribution in [0.4, 0.5) is 5.69 Å². The molecular formula is C14H21N3. The molecule has 2 fully saturated rings. The summed E-state index contributed by atoms with van der Waals surface area (Å²) in [6, 6.07) is 9.58. The van der Waals surface area contributed by atoms with Crippen LogP contribution >= 0.6 is 0 Å². The molecule has 3 rings (SSSR count). The highest BCUT2D eigenvalue weighted by molar-refractivity contribution is 5.48. The summed E-state index contributed by atoms with van der Waals surface area (Å²) in [4.78, 5) is 2.48. The van der Waals surface area contributed by atoms with E-state index in [1.807, 2.05) is 0 Å². The Hall–Kier alpha value is -1.06. The maximum absolute atomic E-state index is 3.55. The fourth-order valence-electron chi connectivity index (χ4n) is 2.78. The van der Waals surface area contributed by atoms with Gasteiger partial charge in [-0.25, -0.2) is 0 Å². The van der Waals surface area contributed by atoms with Gasteiger partial charge in [-0.15, -0.1) is 0 Å². The molecule has 2 heterocycles. The van der Waals surface area contributed by atoms with Gasteiger partial charge in [-0.1, -0.05) is 12.1 Å². The fourth-order valence-corrected chi connectivity index (χ4v) is 2.78. The second kappa shape index (κ2) is 5.07. The van der Waals surface area contributed by atoms with Crippen molar-refractivity contribution >= 4 is 5.69 Å². The number of hydrogen-bond acceptors (Lipinski definition) is 3. The summed E-state index contributed by atoms with van der Waals surface area (Å²) in [6.07, 6.45) is 2.69. The average molecular weight is 231 g/mol. The van der Waals surface area contributed by atoms with Gasteiger partial charge in [0.2, 0.25) is 0 Å². The third-order valence-electron chi connectivity index (χ3n) is 3.81. The van der Waals surface area contributed by atoms with Gasteiger partial charge in [0.05, 0.1) is 0 Å². The van der Waals surface area contributed by atoms with Gasteiger partial charge in [0.15, 0.2) is 0 Å². The summed E-state index contributed by atoms with van der Waals surface area (Å²) >= 11 is 0. The molecule has 3 nitrogen and oxygen atoms in total. The Balaban J connectivity index is 1.70. The van der Waals surface area contributed by atoms with Gasteiger partial charge in [-0.3, -0.25) is 0 Å². The zero-order chi connectivity index (χ0) is 11.5. The smallest absolute Gasteiger partial charge is 0.0447 e. The van der Waals surface area contributed by atoms with Crippen molar-refractivity contribution in [1.82, 2.24) is 10.6 Å². The lowest BCUT2D eigenvalue weighted by molar-refractivity contribution is 0.430. The van der Waals surface area contributed by atoms with Crippen LogP contribution < -0.4 is 15.5 Å². The minimum absolute atomic E-state index is 0.483. The summed E-state index contributed by atoms with van der Waals surface area (Å²) in [5.41, 5.74) is 2.79. The molecule has 0 amide bonds. The molecule has 2 saturated heterocycles. The summed E-state index contributed by atoms with van der Waals surface area (Å²) in [7, 11) is 0. The first-order valence-corrected chi connectivity index (χ1v) is 6.72. The van der Waals surface area contributed by atoms with Crippen molar-refractivity contribution < 1.29 is 0 Å². The molecule has 1 aromatic rings. The van der Waals surface area contributed by atoms with Crippen LogP contribution in [-0.4, -0.2) is 32.7 Å². The molecule has 92 valence electrons. The molecular weight excluding hydrogens is 210 g/mol. The van der Waals surface area contributed by atoms with Crippen molar-refractivity contribution in [2.45, 2.75) is 18.9 Å². The monoisotopic (exact) mass is 231 g/mol. The highest BCUT2D eigenvalue weighted by Crippen LogP contribution is 2.22. The first-order chi connectivity index (χ1) is 8.43. The number of nitrogens with one attached hydrogen (secondary N) is 2. The van der Waals surface area contributed by atoms with Gasteiger partial charge in [0, 0.05) is 44.5 Å². The molecule has 0 saturated carbocycles. The highest BCUT2D eigenvalue weighted by Gasteiger charge is 2.15. The maximum Gasteiger partial charge on any atom is 0.0447 e. The Morgan fingerprint density at radius 1 is 1.00 bits per heavy atom. The van der Waals surface area contributed by atoms with Crippen molar-refractivity contribution in [2.75, 3.05) is 37.6 Å². The van der Waals surface area contributed by atoms with Crippen molar-refractivity contribution in [1.29, 1.82) is 0 Å². The van der Waals surface area contributed by atoms with Crippen molar-refractivity contribution in [3.63, 3.8) is 0 Å². The quantitative estimate of drug-likeness (QED) is 0.808. The van der Waals surface area contributed by atoms with Gasteiger partial charge in [0.1, 0.15) is 0 Å². The SMILES string of the molecule is c1cc(N2CCCC2)ccc1[C@H]1CNCCN1. The predicted molar refractivity (Wildman–Crippen MR) is 71.5 cm³/mol. The third kappa shape index (κ3) is 2.45. The topological polar surface area (TPSA) is 27.3 Å². The molecule has 0 aliphatic carbocycles. The largest absolute Gasteiger partial charge is 0.372 e. The van der Waals surface area contributed by atoms with Gasteiger partial charge < -0.3 is 15.5 Å². The van der Waals surface area contributed by atoms with Crippen LogP contribution in [0.15, 0.2) is 24.3 Å². The molecule has 2 aliphatic rings. The molecule has 0 bridgehead atoms. The van der Waals surface area contributed by atoms with E-state index < -0.39 is 0 Å². The van der Waals surface area contributed by atoms with Crippen molar-refractivity contribution in [3.05, 3.63) is 29.8 Å². The molecule has 0 spiro atoms. The Bertz CT molecular complexity index is 348. The van der Waals surface area contributed by atoms with E-state index in [2.05, 4.69) is 39.8 Å². The second-order valence-electron chi connectivity index (χ2n) is 5.00. The van der Waals surface area contributed by atoms with E-state index in [1.54, 1.807) is 0 Å². The zero-order valence-corrected chi connectivity index (χ0v) is 10.3. The standard InChI is InChI=1S/C14H21N3/c1-2-10-17(9-1)13-5-3-12(4-6-13)14-11-15-7-8-16-14/h3-6,14-16H,1-2,7-11H2/t14-/m1/s1. The van der Waals surface area contributed by atoms with Gasteiger partial charge >= 0.3 is 0 Å². The first kappa shape index (κ1) is 11.1. The Morgan fingerprint density at radius 3 is 2.41 bits per heavy atom. The van der Waals surface area contributed by atoms with E-state index in [9.17, 15) is 0 Å². The molecule has 1 atom stereocenters. The van der Waals surface area contributed by atoms with Crippen LogP contribution in [0.25, 0.3) is 0 Å². The highest BCUT2D eigenvalue weighted by atomic mass is 15.1. The molecule has 3 heteroatoms. The molecule has 17 heavy (non-hydrogen) atoms. The number of nitrogens with zero attached hydrogens (tertiary/aromatic N) is 1. The lowest BCUT2D eigenvalue weighted by atomic mass is 10.0. The average Bonchev–Trinajstić information content (AvgIpc) is 2.94. The van der Waals surface area contributed by atoms with Gasteiger partial charge in [-0.05, 0) is 30.5 Å². The molecule has 0 aromatic heterocycles. The molecule has 1 aromatic carbocycles. The lowest BCUT2D eigenvalue weighted by Gasteiger charge is -2.25. The van der Waals surface area contributed by atoms with Crippen LogP contribution in [0.1, 0.15) is 24.4 Å². The summed E-state index contributed by atoms with van der Waals surface area (Å²) in [5.74, 6) is 0. The molecule has 2 aliphatic heterocycles. The predicted octanol–water partition coefficient (Wildman–Crippen LogP) is 1.52. The van der Waals surface area contributed by atoms with E-state index in [0.717, 1.165) is 19.6 Å². The minimum atomic E-state index is 0.483. The van der Waals surface area contributed by atoms with E-state index in [4.69, 9.17) is 0 Å². The Morgan fingerprint density at radius 2 is 1.76 bits per heavy atom. The molecule has 0 unspecified atom stereocenters. The van der Waals surface area contributed by atoms with E-state index >= 15 is 0 Å². The van der Waals surface area contributed by atoms with E-state index in [1.165, 1.54) is 37.2 Å². The first-order valence-electron chi connectivity index (χ1n) is 6.72. The van der Waals surface area contributed by atoms with Crippen LogP contribution in [0.2, 0.25) is 0 Å². The van der Waals surface area contributed by atoms with Crippen molar-refractivity contribution in [3.8, 4) is 0 Å². The second-order valence-corrected chi connectivity index (χ2v) is 5.00. The minimum Gasteiger partial charge on any atom is -0.372 e. The molecule has 0 radical (unpaired) electrons. The van der Waals surface area contributed by atoms with E-state index in [-0.39, 0.29) is 0 Å². The van der Waals surface area contributed by atoms with E-state index in [0.29, 0.717) is 6.04 Å². The van der Waals surface area contributed by atoms with Crippen LogP contribution in [0.3, 0.4) is 0 Å². The summed E-state index contributed by atoms with van der Waals surface area (Å²) in [5, 5.41) is 6.98. The number of piperazine rings is 1. The normalized spacial score (nSPS) is 25.2. The number of benzene rings is 1. The number of anilines is 1. The number of rotatable bonds is 2. The fraction of sp³-hybridized carbons (Fsp3) is 0.571. The Labute approximate surface area is 103 Å². The third-order valence-corrected chi connectivity index (χ3v) is 3.81. The molecule has 2 N–H and O–H groups in total. The van der Waals surface area contributed by atoms with Crippen LogP contribution in [0.5, 0.6) is 0 Å². The zero-order valence-electron chi connectivity index (χ0n) is 10.3. The van der Waals surface area contributed by atoms with Gasteiger partial charge in [-0.2, -0.15) is 0 Å². The summed E-state index contributed by atoms with van der Waals surface area (Å²) in [6.45, 7) is 5.65.